The quantitative estimate of drug-likeness (QED) is 0.810. The number of hydrogen-bond donors (Lipinski definition) is 2. The van der Waals surface area contributed by atoms with Crippen LogP contribution in [0.15, 0.2) is 26.1 Å². The van der Waals surface area contributed by atoms with Crippen molar-refractivity contribution >= 4 is 38.9 Å². The Morgan fingerprint density at radius 1 is 1.33 bits per heavy atom. The first kappa shape index (κ1) is 15.3. The molecule has 3 N–H and O–H groups in total. The summed E-state index contributed by atoms with van der Waals surface area (Å²) in [7, 11) is -3.90. The van der Waals surface area contributed by atoms with Gasteiger partial charge in [0.1, 0.15) is 15.5 Å². The summed E-state index contributed by atoms with van der Waals surface area (Å²) >= 11 is 1.01. The predicted molar refractivity (Wildman–Crippen MR) is 77.1 cm³/mol. The molecule has 9 heteroatoms. The van der Waals surface area contributed by atoms with E-state index in [1.165, 1.54) is 19.9 Å². The fraction of sp³-hybridized carbons (Fsp3) is 0.167. The van der Waals surface area contributed by atoms with Gasteiger partial charge in [-0.1, -0.05) is 6.07 Å². The molecule has 1 amide bonds. The van der Waals surface area contributed by atoms with Crippen LogP contribution in [0.3, 0.4) is 0 Å². The molecule has 2 aromatic rings. The summed E-state index contributed by atoms with van der Waals surface area (Å²) in [5, 5.41) is 1.60. The van der Waals surface area contributed by atoms with E-state index < -0.39 is 21.7 Å². The number of primary amides is 1. The molecule has 0 bridgehead atoms. The van der Waals surface area contributed by atoms with Crippen LogP contribution in [0.5, 0.6) is 0 Å². The molecule has 0 unspecified atom stereocenters. The Bertz CT molecular complexity index is 803. The van der Waals surface area contributed by atoms with E-state index in [1.807, 2.05) is 0 Å². The van der Waals surface area contributed by atoms with Gasteiger partial charge in [-0.25, -0.2) is 13.1 Å². The summed E-state index contributed by atoms with van der Waals surface area (Å²) in [6.45, 7) is 2.69. The molecule has 0 fully saturated rings. The lowest BCUT2D eigenvalue weighted by Gasteiger charge is -2.04. The molecule has 0 aromatic carbocycles. The third kappa shape index (κ3) is 2.83. The lowest BCUT2D eigenvalue weighted by molar-refractivity contribution is 0.0974. The van der Waals surface area contributed by atoms with Crippen LogP contribution in [0, 0.1) is 6.92 Å². The van der Waals surface area contributed by atoms with E-state index in [9.17, 15) is 18.0 Å². The van der Waals surface area contributed by atoms with Gasteiger partial charge in [0.2, 0.25) is 5.88 Å². The van der Waals surface area contributed by atoms with E-state index >= 15 is 0 Å². The molecule has 0 radical (unpaired) electrons. The minimum absolute atomic E-state index is 0.0219. The number of ketones is 1. The smallest absolute Gasteiger partial charge is 0.273 e. The number of carbonyl (C=O) groups is 2. The largest absolute Gasteiger partial charge is 0.443 e. The number of thiophene rings is 1. The van der Waals surface area contributed by atoms with Crippen molar-refractivity contribution in [2.45, 2.75) is 18.1 Å². The average Bonchev–Trinajstić information content (AvgIpc) is 2.95. The molecule has 21 heavy (non-hydrogen) atoms. The lowest BCUT2D eigenvalue weighted by Crippen LogP contribution is -2.18. The molecular formula is C12H12N2O5S2. The number of anilines is 1. The molecule has 2 rings (SSSR count). The molecule has 2 aromatic heterocycles. The molecule has 0 aliphatic heterocycles. The van der Waals surface area contributed by atoms with Crippen molar-refractivity contribution in [3.8, 4) is 0 Å². The Morgan fingerprint density at radius 2 is 2.00 bits per heavy atom. The zero-order valence-corrected chi connectivity index (χ0v) is 12.8. The zero-order valence-electron chi connectivity index (χ0n) is 11.2. The number of rotatable bonds is 5. The van der Waals surface area contributed by atoms with E-state index in [1.54, 1.807) is 11.4 Å². The lowest BCUT2D eigenvalue weighted by atomic mass is 10.1. The van der Waals surface area contributed by atoms with Crippen LogP contribution in [0.2, 0.25) is 0 Å². The van der Waals surface area contributed by atoms with Crippen LogP contribution in [0.4, 0.5) is 5.88 Å². The molecular weight excluding hydrogens is 316 g/mol. The van der Waals surface area contributed by atoms with Crippen molar-refractivity contribution < 1.29 is 22.4 Å². The second kappa shape index (κ2) is 5.34. The van der Waals surface area contributed by atoms with Crippen LogP contribution < -0.4 is 10.5 Å². The normalized spacial score (nSPS) is 11.3. The van der Waals surface area contributed by atoms with Gasteiger partial charge in [0.05, 0.1) is 5.56 Å². The molecule has 0 aliphatic carbocycles. The maximum absolute atomic E-state index is 12.1. The maximum atomic E-state index is 12.1. The minimum atomic E-state index is -3.90. The Labute approximate surface area is 124 Å². The van der Waals surface area contributed by atoms with Crippen LogP contribution >= 0.6 is 11.3 Å². The van der Waals surface area contributed by atoms with Gasteiger partial charge < -0.3 is 10.2 Å². The minimum Gasteiger partial charge on any atom is -0.443 e. The fourth-order valence-electron chi connectivity index (χ4n) is 1.86. The fourth-order valence-corrected chi connectivity index (χ4v) is 3.86. The number of carbonyl (C=O) groups excluding carboxylic acids is 2. The Hall–Kier alpha value is -2.13. The van der Waals surface area contributed by atoms with Gasteiger partial charge in [-0.3, -0.25) is 9.59 Å². The number of aryl methyl sites for hydroxylation is 1. The topological polar surface area (TPSA) is 119 Å². The summed E-state index contributed by atoms with van der Waals surface area (Å²) in [5.74, 6) is -1.61. The highest BCUT2D eigenvalue weighted by molar-refractivity contribution is 7.94. The number of amides is 1. The highest BCUT2D eigenvalue weighted by Gasteiger charge is 2.28. The molecule has 0 atom stereocenters. The Morgan fingerprint density at radius 3 is 2.48 bits per heavy atom. The van der Waals surface area contributed by atoms with Gasteiger partial charge in [-0.2, -0.15) is 0 Å². The first-order valence-corrected chi connectivity index (χ1v) is 8.10. The van der Waals surface area contributed by atoms with Crippen molar-refractivity contribution in [2.75, 3.05) is 4.72 Å². The summed E-state index contributed by atoms with van der Waals surface area (Å²) in [6.07, 6.45) is 0. The van der Waals surface area contributed by atoms with Crippen LogP contribution in [-0.4, -0.2) is 20.1 Å². The summed E-state index contributed by atoms with van der Waals surface area (Å²) in [5.41, 5.74) is 4.94. The van der Waals surface area contributed by atoms with Crippen LogP contribution in [0.1, 0.15) is 33.4 Å². The van der Waals surface area contributed by atoms with Gasteiger partial charge in [0, 0.05) is 0 Å². The highest BCUT2D eigenvalue weighted by atomic mass is 32.2. The SMILES string of the molecule is CC(=O)c1c(C)oc(NS(=O)(=O)c2cccs2)c1C(N)=O. The van der Waals surface area contributed by atoms with E-state index in [4.69, 9.17) is 10.2 Å². The number of hydrogen-bond acceptors (Lipinski definition) is 6. The van der Waals surface area contributed by atoms with Crippen molar-refractivity contribution in [3.05, 3.63) is 34.4 Å². The number of nitrogens with two attached hydrogens (primary N) is 1. The molecule has 7 nitrogen and oxygen atoms in total. The van der Waals surface area contributed by atoms with Crippen molar-refractivity contribution in [1.29, 1.82) is 0 Å². The molecule has 0 spiro atoms. The third-order valence-corrected chi connectivity index (χ3v) is 5.40. The van der Waals surface area contributed by atoms with Gasteiger partial charge in [-0.05, 0) is 25.3 Å². The number of furan rings is 1. The highest BCUT2D eigenvalue weighted by Crippen LogP contribution is 2.29. The second-order valence-corrected chi connectivity index (χ2v) is 7.05. The van der Waals surface area contributed by atoms with Crippen molar-refractivity contribution in [1.82, 2.24) is 0 Å². The molecule has 0 saturated heterocycles. The summed E-state index contributed by atoms with van der Waals surface area (Å²) in [4.78, 5) is 23.1. The standard InChI is InChI=1S/C12H12N2O5S2/c1-6(15)9-7(2)19-12(10(9)11(13)16)14-21(17,18)8-4-3-5-20-8/h3-5,14H,1-2H3,(H2,13,16). The molecule has 2 heterocycles. The van der Waals surface area contributed by atoms with E-state index in [0.29, 0.717) is 0 Å². The number of Topliss-reactive ketones (excluding diaryl/α,β-unsaturated/α-hetero) is 1. The maximum Gasteiger partial charge on any atom is 0.273 e. The number of sulfonamides is 1. The summed E-state index contributed by atoms with van der Waals surface area (Å²) in [6, 6.07) is 2.97. The van der Waals surface area contributed by atoms with Gasteiger partial charge in [0.25, 0.3) is 15.9 Å². The first-order chi connectivity index (χ1) is 9.74. The van der Waals surface area contributed by atoms with Gasteiger partial charge in [0.15, 0.2) is 5.78 Å². The molecule has 0 aliphatic rings. The number of nitrogens with one attached hydrogen (secondary N) is 1. The predicted octanol–water partition coefficient (Wildman–Crippen LogP) is 1.75. The van der Waals surface area contributed by atoms with Gasteiger partial charge >= 0.3 is 0 Å². The Balaban J connectivity index is 2.54. The van der Waals surface area contributed by atoms with Crippen molar-refractivity contribution in [2.24, 2.45) is 5.73 Å². The summed E-state index contributed by atoms with van der Waals surface area (Å²) < 4.78 is 31.7. The zero-order chi connectivity index (χ0) is 15.8. The van der Waals surface area contributed by atoms with E-state index in [0.717, 1.165) is 11.3 Å². The third-order valence-electron chi connectivity index (χ3n) is 2.67. The monoisotopic (exact) mass is 328 g/mol. The Kier molecular flexibility index (Phi) is 3.88. The van der Waals surface area contributed by atoms with Gasteiger partial charge in [-0.15, -0.1) is 11.3 Å². The second-order valence-electron chi connectivity index (χ2n) is 4.20. The van der Waals surface area contributed by atoms with Crippen LogP contribution in [0.25, 0.3) is 0 Å². The van der Waals surface area contributed by atoms with E-state index in [2.05, 4.69) is 4.72 Å². The first-order valence-electron chi connectivity index (χ1n) is 5.74. The molecule has 0 saturated carbocycles. The van der Waals surface area contributed by atoms with Crippen molar-refractivity contribution in [3.63, 3.8) is 0 Å². The van der Waals surface area contributed by atoms with E-state index in [-0.39, 0.29) is 27.0 Å². The average molecular weight is 328 g/mol. The molecule has 112 valence electrons. The van der Waals surface area contributed by atoms with Crippen LogP contribution in [-0.2, 0) is 10.0 Å².